The molecule has 0 aliphatic heterocycles. The second kappa shape index (κ2) is 3.64. The van der Waals surface area contributed by atoms with Gasteiger partial charge in [0.25, 0.3) is 15.2 Å². The molecule has 2 aromatic heterocycles. The molecule has 0 amide bonds. The highest BCUT2D eigenvalue weighted by molar-refractivity contribution is 7.89. The zero-order valence-corrected chi connectivity index (χ0v) is 10.4. The van der Waals surface area contributed by atoms with Gasteiger partial charge in [0, 0.05) is 20.3 Å². The highest BCUT2D eigenvalue weighted by atomic mass is 32.2. The molecule has 0 aliphatic rings. The van der Waals surface area contributed by atoms with E-state index in [-0.39, 0.29) is 5.16 Å². The monoisotopic (exact) mass is 256 g/mol. The predicted octanol–water partition coefficient (Wildman–Crippen LogP) is -0.829. The first-order valence-corrected chi connectivity index (χ1v) is 6.28. The van der Waals surface area contributed by atoms with Gasteiger partial charge in [-0.3, -0.25) is 9.25 Å². The van der Waals surface area contributed by atoms with Crippen molar-refractivity contribution in [2.24, 2.45) is 19.2 Å². The molecule has 0 unspecified atom stereocenters. The van der Waals surface area contributed by atoms with Crippen molar-refractivity contribution in [1.29, 1.82) is 0 Å². The lowest BCUT2D eigenvalue weighted by molar-refractivity contribution is 0.580. The summed E-state index contributed by atoms with van der Waals surface area (Å²) in [6.07, 6.45) is 1.74. The highest BCUT2D eigenvalue weighted by Gasteiger charge is 2.21. The van der Waals surface area contributed by atoms with Gasteiger partial charge in [-0.25, -0.2) is 13.6 Å². The summed E-state index contributed by atoms with van der Waals surface area (Å²) < 4.78 is 25.4. The van der Waals surface area contributed by atoms with Gasteiger partial charge in [-0.1, -0.05) is 0 Å². The van der Waals surface area contributed by atoms with E-state index in [0.29, 0.717) is 5.82 Å². The molecule has 92 valence electrons. The third-order valence-electron chi connectivity index (χ3n) is 2.34. The maximum Gasteiger partial charge on any atom is 0.273 e. The topological polar surface area (TPSA) is 109 Å². The average Bonchev–Trinajstić information content (AvgIpc) is 2.68. The summed E-state index contributed by atoms with van der Waals surface area (Å²) in [4.78, 5) is 0. The Labute approximate surface area is 98.1 Å². The Morgan fingerprint density at radius 2 is 1.94 bits per heavy atom. The van der Waals surface area contributed by atoms with Crippen LogP contribution in [0.3, 0.4) is 0 Å². The average molecular weight is 256 g/mol. The number of primary sulfonamides is 1. The number of nitrogens with two attached hydrogens (primary N) is 1. The summed E-state index contributed by atoms with van der Waals surface area (Å²) in [5.74, 6) is 0.416. The fraction of sp³-hybridized carbons (Fsp3) is 0.375. The molecular weight excluding hydrogens is 244 g/mol. The number of hydrogen-bond donors (Lipinski definition) is 1. The van der Waals surface area contributed by atoms with Gasteiger partial charge in [0.15, 0.2) is 5.82 Å². The van der Waals surface area contributed by atoms with Crippen LogP contribution < -0.4 is 5.14 Å². The molecule has 0 fully saturated rings. The summed E-state index contributed by atoms with van der Waals surface area (Å²) in [6.45, 7) is 1.81. The lowest BCUT2D eigenvalue weighted by atomic mass is 10.2. The summed E-state index contributed by atoms with van der Waals surface area (Å²) in [5.41, 5.74) is 1.46. The van der Waals surface area contributed by atoms with E-state index in [4.69, 9.17) is 5.14 Å². The van der Waals surface area contributed by atoms with E-state index in [0.717, 1.165) is 11.3 Å². The molecule has 8 nitrogen and oxygen atoms in total. The van der Waals surface area contributed by atoms with Crippen LogP contribution in [-0.4, -0.2) is 33.0 Å². The molecule has 17 heavy (non-hydrogen) atoms. The Morgan fingerprint density at radius 3 is 2.35 bits per heavy atom. The molecule has 0 saturated heterocycles. The zero-order chi connectivity index (χ0) is 12.8. The van der Waals surface area contributed by atoms with Crippen molar-refractivity contribution in [2.75, 3.05) is 0 Å². The number of hydrogen-bond acceptors (Lipinski definition) is 5. The maximum atomic E-state index is 11.2. The number of nitrogens with zero attached hydrogens (tertiary/aromatic N) is 5. The van der Waals surface area contributed by atoms with Gasteiger partial charge >= 0.3 is 0 Å². The van der Waals surface area contributed by atoms with Crippen molar-refractivity contribution in [3.05, 3.63) is 11.9 Å². The first kappa shape index (κ1) is 11.7. The molecule has 2 N–H and O–H groups in total. The van der Waals surface area contributed by atoms with E-state index in [1.165, 1.54) is 4.57 Å². The second-order valence-electron chi connectivity index (χ2n) is 3.71. The maximum absolute atomic E-state index is 11.2. The standard InChI is InChI=1S/C8H12N6O2S/c1-5-6(4-13(2)12-5)7-10-11-8(14(7)3)17(9,15)16/h4H,1-3H3,(H2,9,15,16). The highest BCUT2D eigenvalue weighted by Crippen LogP contribution is 2.21. The number of aromatic nitrogens is 5. The Balaban J connectivity index is 2.63. The van der Waals surface area contributed by atoms with Crippen molar-refractivity contribution < 1.29 is 8.42 Å². The molecule has 0 spiro atoms. The molecule has 9 heteroatoms. The van der Waals surface area contributed by atoms with Crippen LogP contribution in [0.5, 0.6) is 0 Å². The van der Waals surface area contributed by atoms with Gasteiger partial charge in [-0.2, -0.15) is 5.10 Å². The molecule has 2 heterocycles. The molecule has 0 bridgehead atoms. The van der Waals surface area contributed by atoms with Crippen LogP contribution in [0.2, 0.25) is 0 Å². The van der Waals surface area contributed by atoms with E-state index in [2.05, 4.69) is 15.3 Å². The number of rotatable bonds is 2. The Morgan fingerprint density at radius 1 is 1.29 bits per heavy atom. The minimum atomic E-state index is -3.86. The van der Waals surface area contributed by atoms with Gasteiger partial charge in [-0.05, 0) is 6.92 Å². The van der Waals surface area contributed by atoms with Gasteiger partial charge in [0.2, 0.25) is 0 Å². The fourth-order valence-corrected chi connectivity index (χ4v) is 2.24. The van der Waals surface area contributed by atoms with Crippen LogP contribution in [0.4, 0.5) is 0 Å². The van der Waals surface area contributed by atoms with Gasteiger partial charge < -0.3 is 0 Å². The second-order valence-corrected chi connectivity index (χ2v) is 5.17. The number of sulfonamides is 1. The van der Waals surface area contributed by atoms with Crippen molar-refractivity contribution in [1.82, 2.24) is 24.5 Å². The number of aryl methyl sites for hydroxylation is 2. The summed E-state index contributed by atoms with van der Waals surface area (Å²) in [5, 5.41) is 16.3. The van der Waals surface area contributed by atoms with Crippen molar-refractivity contribution in [2.45, 2.75) is 12.1 Å². The summed E-state index contributed by atoms with van der Waals surface area (Å²) >= 11 is 0. The molecular formula is C8H12N6O2S. The molecule has 2 aromatic rings. The molecule has 0 saturated carbocycles. The smallest absolute Gasteiger partial charge is 0.273 e. The quantitative estimate of drug-likeness (QED) is 0.754. The van der Waals surface area contributed by atoms with Crippen molar-refractivity contribution in [3.63, 3.8) is 0 Å². The minimum Gasteiger partial charge on any atom is -0.300 e. The third-order valence-corrected chi connectivity index (χ3v) is 3.21. The summed E-state index contributed by atoms with van der Waals surface area (Å²) in [7, 11) is -0.550. The zero-order valence-electron chi connectivity index (χ0n) is 9.62. The minimum absolute atomic E-state index is 0.268. The lowest BCUT2D eigenvalue weighted by Crippen LogP contribution is -2.17. The first-order valence-electron chi connectivity index (χ1n) is 4.73. The van der Waals surface area contributed by atoms with E-state index < -0.39 is 10.0 Å². The van der Waals surface area contributed by atoms with Crippen LogP contribution in [0, 0.1) is 6.92 Å². The molecule has 0 aromatic carbocycles. The Hall–Kier alpha value is -1.74. The van der Waals surface area contributed by atoms with Crippen molar-refractivity contribution in [3.8, 4) is 11.4 Å². The van der Waals surface area contributed by atoms with E-state index in [9.17, 15) is 8.42 Å². The van der Waals surface area contributed by atoms with Crippen molar-refractivity contribution >= 4 is 10.0 Å². The lowest BCUT2D eigenvalue weighted by Gasteiger charge is -2.00. The van der Waals surface area contributed by atoms with E-state index in [1.54, 1.807) is 31.9 Å². The molecule has 2 rings (SSSR count). The fourth-order valence-electron chi connectivity index (χ4n) is 1.62. The van der Waals surface area contributed by atoms with Crippen LogP contribution >= 0.6 is 0 Å². The predicted molar refractivity (Wildman–Crippen MR) is 59.3 cm³/mol. The summed E-state index contributed by atoms with van der Waals surface area (Å²) in [6, 6.07) is 0. The molecule has 0 aliphatic carbocycles. The Kier molecular flexibility index (Phi) is 2.51. The van der Waals surface area contributed by atoms with E-state index in [1.807, 2.05) is 0 Å². The van der Waals surface area contributed by atoms with Crippen LogP contribution in [0.15, 0.2) is 11.4 Å². The van der Waals surface area contributed by atoms with Crippen LogP contribution in [0.25, 0.3) is 11.4 Å². The largest absolute Gasteiger partial charge is 0.300 e. The Bertz CT molecular complexity index is 668. The van der Waals surface area contributed by atoms with Gasteiger partial charge in [-0.15, -0.1) is 10.2 Å². The molecule has 0 radical (unpaired) electrons. The first-order chi connectivity index (χ1) is 7.80. The SMILES string of the molecule is Cc1nn(C)cc1-c1nnc(S(N)(=O)=O)n1C. The normalized spacial score (nSPS) is 12.0. The third kappa shape index (κ3) is 1.94. The van der Waals surface area contributed by atoms with Gasteiger partial charge in [0.1, 0.15) is 0 Å². The van der Waals surface area contributed by atoms with Gasteiger partial charge in [0.05, 0.1) is 11.3 Å². The van der Waals surface area contributed by atoms with E-state index >= 15 is 0 Å². The van der Waals surface area contributed by atoms with Crippen LogP contribution in [-0.2, 0) is 24.1 Å². The molecule has 0 atom stereocenters. The van der Waals surface area contributed by atoms with Crippen LogP contribution in [0.1, 0.15) is 5.69 Å².